The van der Waals surface area contributed by atoms with Gasteiger partial charge in [0, 0.05) is 24.5 Å². The van der Waals surface area contributed by atoms with Crippen LogP contribution in [0.3, 0.4) is 0 Å². The van der Waals surface area contributed by atoms with Crippen LogP contribution in [0.5, 0.6) is 11.5 Å². The largest absolute Gasteiger partial charge is 0.497 e. The van der Waals surface area contributed by atoms with Crippen LogP contribution in [0.25, 0.3) is 0 Å². The third-order valence-corrected chi connectivity index (χ3v) is 4.20. The van der Waals surface area contributed by atoms with Crippen LogP contribution >= 0.6 is 0 Å². The van der Waals surface area contributed by atoms with E-state index in [0.717, 1.165) is 42.5 Å². The highest BCUT2D eigenvalue weighted by Crippen LogP contribution is 2.33. The van der Waals surface area contributed by atoms with Gasteiger partial charge in [-0.15, -0.1) is 0 Å². The summed E-state index contributed by atoms with van der Waals surface area (Å²) in [5, 5.41) is 0. The average molecular weight is 301 g/mol. The number of hydrogen-bond donors (Lipinski definition) is 1. The van der Waals surface area contributed by atoms with Gasteiger partial charge in [-0.2, -0.15) is 0 Å². The van der Waals surface area contributed by atoms with E-state index < -0.39 is 0 Å². The van der Waals surface area contributed by atoms with Gasteiger partial charge in [0.15, 0.2) is 0 Å². The van der Waals surface area contributed by atoms with Gasteiger partial charge < -0.3 is 14.5 Å². The van der Waals surface area contributed by atoms with Gasteiger partial charge >= 0.3 is 0 Å². The number of ether oxygens (including phenoxy) is 2. The number of aromatic amines is 1. The second-order valence-corrected chi connectivity index (χ2v) is 5.80. The van der Waals surface area contributed by atoms with Crippen molar-refractivity contribution in [1.29, 1.82) is 0 Å². The quantitative estimate of drug-likeness (QED) is 0.922. The summed E-state index contributed by atoms with van der Waals surface area (Å²) in [6, 6.07) is 6.42. The Labute approximate surface area is 131 Å². The Morgan fingerprint density at radius 3 is 2.55 bits per heavy atom. The summed E-state index contributed by atoms with van der Waals surface area (Å²) in [4.78, 5) is 10.4. The number of hydrogen-bond acceptors (Lipinski definition) is 4. The van der Waals surface area contributed by atoms with Crippen LogP contribution in [0, 0.1) is 6.92 Å². The minimum absolute atomic E-state index is 0.367. The van der Waals surface area contributed by atoms with Crippen LogP contribution in [0.4, 0.5) is 0 Å². The summed E-state index contributed by atoms with van der Waals surface area (Å²) in [5.74, 6) is 2.74. The summed E-state index contributed by atoms with van der Waals surface area (Å²) >= 11 is 0. The number of aromatic nitrogens is 2. The molecule has 1 saturated heterocycles. The molecule has 3 rings (SSSR count). The van der Waals surface area contributed by atoms with E-state index >= 15 is 0 Å². The molecule has 0 amide bonds. The molecule has 1 aromatic carbocycles. The topological polar surface area (TPSA) is 50.4 Å². The molecule has 1 N–H and O–H groups in total. The van der Waals surface area contributed by atoms with Crippen molar-refractivity contribution in [1.82, 2.24) is 14.9 Å². The summed E-state index contributed by atoms with van der Waals surface area (Å²) in [6.07, 6.45) is 4.25. The van der Waals surface area contributed by atoms with Gasteiger partial charge in [-0.1, -0.05) is 0 Å². The number of rotatable bonds is 5. The molecule has 5 heteroatoms. The van der Waals surface area contributed by atoms with Crippen LogP contribution < -0.4 is 9.47 Å². The lowest BCUT2D eigenvalue weighted by molar-refractivity contribution is 0.240. The number of aryl methyl sites for hydroxylation is 1. The van der Waals surface area contributed by atoms with Gasteiger partial charge in [-0.05, 0) is 44.0 Å². The van der Waals surface area contributed by atoms with Crippen molar-refractivity contribution >= 4 is 0 Å². The molecule has 2 heterocycles. The molecule has 0 radical (unpaired) electrons. The molecular weight excluding hydrogens is 278 g/mol. The zero-order chi connectivity index (χ0) is 15.5. The Balaban J connectivity index is 1.79. The first-order valence-corrected chi connectivity index (χ1v) is 7.67. The van der Waals surface area contributed by atoms with Gasteiger partial charge in [0.25, 0.3) is 0 Å². The summed E-state index contributed by atoms with van der Waals surface area (Å²) in [5.41, 5.74) is 2.32. The van der Waals surface area contributed by atoms with Crippen molar-refractivity contribution < 1.29 is 9.47 Å². The highest BCUT2D eigenvalue weighted by atomic mass is 16.5. The first-order valence-electron chi connectivity index (χ1n) is 7.67. The van der Waals surface area contributed by atoms with E-state index in [1.807, 2.05) is 19.2 Å². The molecule has 1 aromatic heterocycles. The first-order chi connectivity index (χ1) is 10.7. The van der Waals surface area contributed by atoms with Crippen LogP contribution in [-0.2, 0) is 6.54 Å². The van der Waals surface area contributed by atoms with Crippen molar-refractivity contribution in [2.75, 3.05) is 20.8 Å². The molecular formula is C17H23N3O2. The number of benzene rings is 1. The molecule has 118 valence electrons. The zero-order valence-corrected chi connectivity index (χ0v) is 13.4. The Kier molecular flexibility index (Phi) is 4.34. The second-order valence-electron chi connectivity index (χ2n) is 5.80. The van der Waals surface area contributed by atoms with Crippen LogP contribution in [0.15, 0.2) is 24.4 Å². The molecule has 0 bridgehead atoms. The Morgan fingerprint density at radius 2 is 1.95 bits per heavy atom. The predicted molar refractivity (Wildman–Crippen MR) is 85.3 cm³/mol. The van der Waals surface area contributed by atoms with Gasteiger partial charge in [0.2, 0.25) is 0 Å². The normalized spacial score (nSPS) is 18.6. The number of methoxy groups -OCH3 is 2. The molecule has 0 unspecified atom stereocenters. The Bertz CT molecular complexity index is 616. The van der Waals surface area contributed by atoms with Gasteiger partial charge in [0.1, 0.15) is 17.3 Å². The SMILES string of the molecule is COc1cc(CN2CCC[C@H]2c2ncc(C)[nH]2)cc(OC)c1. The molecule has 1 fully saturated rings. The van der Waals surface area contributed by atoms with Crippen molar-refractivity contribution in [3.05, 3.63) is 41.5 Å². The molecule has 22 heavy (non-hydrogen) atoms. The highest BCUT2D eigenvalue weighted by Gasteiger charge is 2.28. The smallest absolute Gasteiger partial charge is 0.123 e. The summed E-state index contributed by atoms with van der Waals surface area (Å²) in [7, 11) is 3.37. The lowest BCUT2D eigenvalue weighted by Crippen LogP contribution is -2.23. The number of imidazole rings is 1. The predicted octanol–water partition coefficient (Wildman–Crippen LogP) is 3.07. The van der Waals surface area contributed by atoms with Gasteiger partial charge in [-0.25, -0.2) is 4.98 Å². The summed E-state index contributed by atoms with van der Waals surface area (Å²) in [6.45, 7) is 4.00. The number of H-pyrrole nitrogens is 1. The number of nitrogens with zero attached hydrogens (tertiary/aromatic N) is 2. The van der Waals surface area contributed by atoms with Crippen LogP contribution in [-0.4, -0.2) is 35.6 Å². The maximum Gasteiger partial charge on any atom is 0.123 e. The van der Waals surface area contributed by atoms with Crippen LogP contribution in [0.2, 0.25) is 0 Å². The molecule has 0 aliphatic carbocycles. The monoisotopic (exact) mass is 301 g/mol. The van der Waals surface area contributed by atoms with E-state index in [4.69, 9.17) is 9.47 Å². The third kappa shape index (κ3) is 3.09. The molecule has 1 atom stereocenters. The zero-order valence-electron chi connectivity index (χ0n) is 13.4. The molecule has 5 nitrogen and oxygen atoms in total. The van der Waals surface area contributed by atoms with Crippen molar-refractivity contribution in [3.63, 3.8) is 0 Å². The van der Waals surface area contributed by atoms with Gasteiger partial charge in [-0.3, -0.25) is 4.90 Å². The first kappa shape index (κ1) is 14.9. The van der Waals surface area contributed by atoms with E-state index in [1.54, 1.807) is 14.2 Å². The Morgan fingerprint density at radius 1 is 1.23 bits per heavy atom. The van der Waals surface area contributed by atoms with Crippen LogP contribution in [0.1, 0.15) is 36.0 Å². The van der Waals surface area contributed by atoms with Crippen molar-refractivity contribution in [2.45, 2.75) is 32.4 Å². The maximum atomic E-state index is 5.36. The van der Waals surface area contributed by atoms with E-state index in [-0.39, 0.29) is 0 Å². The highest BCUT2D eigenvalue weighted by molar-refractivity contribution is 5.38. The number of nitrogens with one attached hydrogen (secondary N) is 1. The van der Waals surface area contributed by atoms with E-state index in [9.17, 15) is 0 Å². The van der Waals surface area contributed by atoms with E-state index in [0.29, 0.717) is 6.04 Å². The maximum absolute atomic E-state index is 5.36. The molecule has 2 aromatic rings. The molecule has 0 spiro atoms. The fourth-order valence-electron chi connectivity index (χ4n) is 3.12. The molecule has 1 aliphatic rings. The average Bonchev–Trinajstić information content (AvgIpc) is 3.15. The number of likely N-dealkylation sites (tertiary alicyclic amines) is 1. The lowest BCUT2D eigenvalue weighted by Gasteiger charge is -2.23. The van der Waals surface area contributed by atoms with Crippen molar-refractivity contribution in [3.8, 4) is 11.5 Å². The van der Waals surface area contributed by atoms with E-state index in [1.165, 1.54) is 12.0 Å². The van der Waals surface area contributed by atoms with Crippen molar-refractivity contribution in [2.24, 2.45) is 0 Å². The molecule has 1 aliphatic heterocycles. The molecule has 0 saturated carbocycles. The minimum atomic E-state index is 0.367. The summed E-state index contributed by atoms with van der Waals surface area (Å²) < 4.78 is 10.7. The van der Waals surface area contributed by atoms with Gasteiger partial charge in [0.05, 0.1) is 20.3 Å². The lowest BCUT2D eigenvalue weighted by atomic mass is 10.1. The fraction of sp³-hybridized carbons (Fsp3) is 0.471. The Hall–Kier alpha value is -2.01. The third-order valence-electron chi connectivity index (χ3n) is 4.20. The fourth-order valence-corrected chi connectivity index (χ4v) is 3.12. The minimum Gasteiger partial charge on any atom is -0.497 e. The van der Waals surface area contributed by atoms with E-state index in [2.05, 4.69) is 27.0 Å². The second kappa shape index (κ2) is 6.40. The standard InChI is InChI=1S/C17H23N3O2/c1-12-10-18-17(19-12)16-5-4-6-20(16)11-13-7-14(21-2)9-15(8-13)22-3/h7-10,16H,4-6,11H2,1-3H3,(H,18,19)/t16-/m0/s1.